The average Bonchev–Trinajstić information content (AvgIpc) is 3.34. The number of aromatic amines is 1. The monoisotopic (exact) mass is 438 g/mol. The summed E-state index contributed by atoms with van der Waals surface area (Å²) in [5.74, 6) is 0.564. The van der Waals surface area contributed by atoms with E-state index in [1.54, 1.807) is 4.90 Å². The molecule has 0 aliphatic rings. The number of hydrogen-bond donors (Lipinski definition) is 1. The van der Waals surface area contributed by atoms with Gasteiger partial charge in [0.25, 0.3) is 5.09 Å². The van der Waals surface area contributed by atoms with Crippen LogP contribution in [0.5, 0.6) is 0 Å². The SMILES string of the molecule is CCCCC(=O)N(CCCO[N+](=O)[O-])Cc1ccc(-c2ccccc2-c2nn[nH]n2)cc1. The van der Waals surface area contributed by atoms with Gasteiger partial charge in [-0.15, -0.1) is 20.3 Å². The normalized spacial score (nSPS) is 10.7. The Bertz CT molecular complexity index is 1010. The van der Waals surface area contributed by atoms with Crippen LogP contribution < -0.4 is 0 Å². The van der Waals surface area contributed by atoms with Gasteiger partial charge in [-0.05, 0) is 34.7 Å². The van der Waals surface area contributed by atoms with Gasteiger partial charge >= 0.3 is 0 Å². The number of nitrogens with zero attached hydrogens (tertiary/aromatic N) is 5. The third-order valence-electron chi connectivity index (χ3n) is 5.02. The zero-order valence-electron chi connectivity index (χ0n) is 17.9. The minimum absolute atomic E-state index is 0.0314. The number of amides is 1. The molecule has 10 nitrogen and oxygen atoms in total. The number of unbranched alkanes of at least 4 members (excludes halogenated alkanes) is 1. The topological polar surface area (TPSA) is 127 Å². The number of H-pyrrole nitrogens is 1. The van der Waals surface area contributed by atoms with E-state index >= 15 is 0 Å². The molecule has 0 unspecified atom stereocenters. The van der Waals surface area contributed by atoms with Gasteiger partial charge in [-0.25, -0.2) is 0 Å². The van der Waals surface area contributed by atoms with E-state index in [9.17, 15) is 14.9 Å². The van der Waals surface area contributed by atoms with Crippen LogP contribution in [0.25, 0.3) is 22.5 Å². The van der Waals surface area contributed by atoms with Gasteiger partial charge in [-0.1, -0.05) is 61.9 Å². The molecule has 3 aromatic rings. The zero-order chi connectivity index (χ0) is 22.8. The third-order valence-corrected chi connectivity index (χ3v) is 5.02. The molecular formula is C22H26N6O4. The van der Waals surface area contributed by atoms with Crippen LogP contribution in [-0.2, 0) is 16.2 Å². The Morgan fingerprint density at radius 2 is 1.88 bits per heavy atom. The molecule has 168 valence electrons. The second kappa shape index (κ2) is 11.5. The minimum atomic E-state index is -0.811. The molecule has 0 aliphatic heterocycles. The predicted molar refractivity (Wildman–Crippen MR) is 118 cm³/mol. The van der Waals surface area contributed by atoms with Gasteiger partial charge < -0.3 is 9.74 Å². The summed E-state index contributed by atoms with van der Waals surface area (Å²) in [7, 11) is 0. The summed E-state index contributed by atoms with van der Waals surface area (Å²) in [4.78, 5) is 29.1. The first kappa shape index (κ1) is 22.9. The van der Waals surface area contributed by atoms with E-state index in [0.717, 1.165) is 35.1 Å². The van der Waals surface area contributed by atoms with E-state index in [1.165, 1.54) is 0 Å². The van der Waals surface area contributed by atoms with Crippen molar-refractivity contribution < 1.29 is 14.7 Å². The summed E-state index contributed by atoms with van der Waals surface area (Å²) >= 11 is 0. The maximum absolute atomic E-state index is 12.6. The molecule has 1 aromatic heterocycles. The number of rotatable bonds is 12. The van der Waals surface area contributed by atoms with Gasteiger partial charge in [-0.3, -0.25) is 4.79 Å². The molecule has 1 amide bonds. The van der Waals surface area contributed by atoms with Crippen molar-refractivity contribution >= 4 is 5.91 Å². The number of hydrogen-bond acceptors (Lipinski definition) is 7. The Morgan fingerprint density at radius 3 is 2.53 bits per heavy atom. The Balaban J connectivity index is 1.72. The first-order valence-electron chi connectivity index (χ1n) is 10.6. The van der Waals surface area contributed by atoms with Crippen molar-refractivity contribution in [3.05, 3.63) is 64.2 Å². The fraction of sp³-hybridized carbons (Fsp3) is 0.364. The molecule has 1 heterocycles. The minimum Gasteiger partial charge on any atom is -0.338 e. The maximum atomic E-state index is 12.6. The Labute approximate surface area is 185 Å². The molecule has 1 N–H and O–H groups in total. The van der Waals surface area contributed by atoms with Crippen molar-refractivity contribution in [1.82, 2.24) is 25.5 Å². The highest BCUT2D eigenvalue weighted by Gasteiger charge is 2.15. The highest BCUT2D eigenvalue weighted by Crippen LogP contribution is 2.29. The van der Waals surface area contributed by atoms with Crippen LogP contribution in [0.2, 0.25) is 0 Å². The lowest BCUT2D eigenvalue weighted by Crippen LogP contribution is -2.32. The number of carbonyl (C=O) groups is 1. The summed E-state index contributed by atoms with van der Waals surface area (Å²) < 4.78 is 0. The first-order chi connectivity index (χ1) is 15.6. The Kier molecular flexibility index (Phi) is 8.24. The maximum Gasteiger partial charge on any atom is 0.294 e. The van der Waals surface area contributed by atoms with Gasteiger partial charge in [0, 0.05) is 25.1 Å². The summed E-state index contributed by atoms with van der Waals surface area (Å²) in [5, 5.41) is 23.8. The molecule has 0 saturated heterocycles. The fourth-order valence-corrected chi connectivity index (χ4v) is 3.39. The summed E-state index contributed by atoms with van der Waals surface area (Å²) in [5.41, 5.74) is 3.83. The lowest BCUT2D eigenvalue weighted by atomic mass is 9.98. The molecule has 0 spiro atoms. The van der Waals surface area contributed by atoms with Gasteiger partial charge in [0.05, 0.1) is 6.61 Å². The van der Waals surface area contributed by atoms with Crippen LogP contribution in [0.3, 0.4) is 0 Å². The van der Waals surface area contributed by atoms with E-state index in [1.807, 2.05) is 55.5 Å². The van der Waals surface area contributed by atoms with Crippen LogP contribution in [0, 0.1) is 10.1 Å². The summed E-state index contributed by atoms with van der Waals surface area (Å²) in [6.45, 7) is 2.84. The standard InChI is InChI=1S/C22H26N6O4/c1-2-3-9-21(29)27(14-6-15-32-28(30)31)16-17-10-12-18(13-11-17)19-7-4-5-8-20(19)22-23-25-26-24-22/h4-5,7-8,10-13H,2-3,6,9,14-16H2,1H3,(H,23,24,25,26). The number of benzene rings is 2. The van der Waals surface area contributed by atoms with E-state index in [-0.39, 0.29) is 12.5 Å². The van der Waals surface area contributed by atoms with E-state index in [2.05, 4.69) is 25.5 Å². The molecule has 0 atom stereocenters. The van der Waals surface area contributed by atoms with E-state index in [4.69, 9.17) is 0 Å². The molecule has 32 heavy (non-hydrogen) atoms. The van der Waals surface area contributed by atoms with Gasteiger partial charge in [-0.2, -0.15) is 5.21 Å². The van der Waals surface area contributed by atoms with Crippen molar-refractivity contribution in [2.24, 2.45) is 0 Å². The van der Waals surface area contributed by atoms with Crippen LogP contribution in [0.4, 0.5) is 0 Å². The molecular weight excluding hydrogens is 412 g/mol. The van der Waals surface area contributed by atoms with E-state index < -0.39 is 5.09 Å². The molecule has 0 fully saturated rings. The second-order valence-electron chi connectivity index (χ2n) is 7.31. The highest BCUT2D eigenvalue weighted by atomic mass is 16.9. The largest absolute Gasteiger partial charge is 0.338 e. The van der Waals surface area contributed by atoms with Crippen molar-refractivity contribution in [2.75, 3.05) is 13.2 Å². The van der Waals surface area contributed by atoms with Gasteiger partial charge in [0.15, 0.2) is 0 Å². The number of tetrazole rings is 1. The number of nitrogens with one attached hydrogen (secondary N) is 1. The van der Waals surface area contributed by atoms with Crippen LogP contribution in [-0.4, -0.2) is 49.7 Å². The lowest BCUT2D eigenvalue weighted by Gasteiger charge is -2.23. The molecule has 0 radical (unpaired) electrons. The smallest absolute Gasteiger partial charge is 0.294 e. The molecule has 0 aliphatic carbocycles. The van der Waals surface area contributed by atoms with Crippen molar-refractivity contribution in [3.63, 3.8) is 0 Å². The Hall–Kier alpha value is -3.82. The predicted octanol–water partition coefficient (Wildman–Crippen LogP) is 3.65. The number of carbonyl (C=O) groups excluding carboxylic acids is 1. The van der Waals surface area contributed by atoms with Crippen LogP contribution >= 0.6 is 0 Å². The number of aromatic nitrogens is 4. The Morgan fingerprint density at radius 1 is 1.12 bits per heavy atom. The molecule has 2 aromatic carbocycles. The van der Waals surface area contributed by atoms with Crippen molar-refractivity contribution in [3.8, 4) is 22.5 Å². The zero-order valence-corrected chi connectivity index (χ0v) is 17.9. The molecule has 10 heteroatoms. The average molecular weight is 438 g/mol. The molecule has 0 saturated carbocycles. The van der Waals surface area contributed by atoms with Crippen LogP contribution in [0.15, 0.2) is 48.5 Å². The van der Waals surface area contributed by atoms with Gasteiger partial charge in [0.2, 0.25) is 11.7 Å². The summed E-state index contributed by atoms with van der Waals surface area (Å²) in [6, 6.07) is 15.8. The third kappa shape index (κ3) is 6.34. The highest BCUT2D eigenvalue weighted by molar-refractivity contribution is 5.80. The van der Waals surface area contributed by atoms with Gasteiger partial charge in [0.1, 0.15) is 0 Å². The first-order valence-corrected chi connectivity index (χ1v) is 10.6. The quantitative estimate of drug-likeness (QED) is 0.260. The molecule has 3 rings (SSSR count). The van der Waals surface area contributed by atoms with E-state index in [0.29, 0.717) is 31.8 Å². The van der Waals surface area contributed by atoms with Crippen molar-refractivity contribution in [2.45, 2.75) is 39.2 Å². The van der Waals surface area contributed by atoms with Crippen molar-refractivity contribution in [1.29, 1.82) is 0 Å². The lowest BCUT2D eigenvalue weighted by molar-refractivity contribution is -0.757. The molecule has 0 bridgehead atoms. The van der Waals surface area contributed by atoms with Crippen LogP contribution in [0.1, 0.15) is 38.2 Å². The second-order valence-corrected chi connectivity index (χ2v) is 7.31. The fourth-order valence-electron chi connectivity index (χ4n) is 3.39. The summed E-state index contributed by atoms with van der Waals surface area (Å²) in [6.07, 6.45) is 2.60.